The molecule has 0 aliphatic carbocycles. The van der Waals surface area contributed by atoms with Gasteiger partial charge in [-0.2, -0.15) is 0 Å². The zero-order valence-corrected chi connectivity index (χ0v) is 10.8. The van der Waals surface area contributed by atoms with Gasteiger partial charge in [0.15, 0.2) is 0 Å². The Labute approximate surface area is 99.0 Å². The minimum Gasteiger partial charge on any atom is -0.489 e. The summed E-state index contributed by atoms with van der Waals surface area (Å²) in [6, 6.07) is 8.29. The maximum atomic E-state index is 5.95. The van der Waals surface area contributed by atoms with E-state index in [0.29, 0.717) is 5.92 Å². The van der Waals surface area contributed by atoms with Crippen LogP contribution in [0.25, 0.3) is 0 Å². The molecular formula is C14H23NO. The van der Waals surface area contributed by atoms with E-state index < -0.39 is 0 Å². The smallest absolute Gasteiger partial charge is 0.123 e. The molecule has 2 heteroatoms. The lowest BCUT2D eigenvalue weighted by atomic mass is 10.0. The minimum absolute atomic E-state index is 0.208. The fraction of sp³-hybridized carbons (Fsp3) is 0.571. The van der Waals surface area contributed by atoms with Crippen molar-refractivity contribution < 1.29 is 4.74 Å². The summed E-state index contributed by atoms with van der Waals surface area (Å²) < 4.78 is 5.95. The van der Waals surface area contributed by atoms with Gasteiger partial charge in [-0.1, -0.05) is 39.0 Å². The number of benzene rings is 1. The molecule has 0 bridgehead atoms. The van der Waals surface area contributed by atoms with Crippen LogP contribution in [0.5, 0.6) is 5.75 Å². The molecule has 0 aromatic heterocycles. The average Bonchev–Trinajstić information content (AvgIpc) is 2.27. The molecule has 0 amide bonds. The van der Waals surface area contributed by atoms with Crippen LogP contribution in [0, 0.1) is 0 Å². The Bertz CT molecular complexity index is 309. The molecule has 0 aliphatic rings. The van der Waals surface area contributed by atoms with E-state index in [9.17, 15) is 0 Å². The van der Waals surface area contributed by atoms with Crippen LogP contribution < -0.4 is 10.1 Å². The van der Waals surface area contributed by atoms with Crippen molar-refractivity contribution in [2.24, 2.45) is 0 Å². The van der Waals surface area contributed by atoms with Crippen LogP contribution in [0.4, 0.5) is 0 Å². The van der Waals surface area contributed by atoms with Gasteiger partial charge in [0.25, 0.3) is 0 Å². The highest BCUT2D eigenvalue weighted by atomic mass is 16.5. The fourth-order valence-corrected chi connectivity index (χ4v) is 1.67. The van der Waals surface area contributed by atoms with Gasteiger partial charge in [-0.3, -0.25) is 0 Å². The van der Waals surface area contributed by atoms with Crippen LogP contribution in [0.15, 0.2) is 24.3 Å². The molecular weight excluding hydrogens is 198 g/mol. The van der Waals surface area contributed by atoms with E-state index in [1.807, 2.05) is 6.07 Å². The fourth-order valence-electron chi connectivity index (χ4n) is 1.67. The van der Waals surface area contributed by atoms with E-state index in [0.717, 1.165) is 18.8 Å². The Morgan fingerprint density at radius 3 is 2.50 bits per heavy atom. The Kier molecular flexibility index (Phi) is 5.33. The van der Waals surface area contributed by atoms with Crippen molar-refractivity contribution in [2.75, 3.05) is 13.1 Å². The van der Waals surface area contributed by atoms with Gasteiger partial charge in [-0.05, 0) is 31.0 Å². The maximum Gasteiger partial charge on any atom is 0.123 e. The first-order valence-corrected chi connectivity index (χ1v) is 6.11. The van der Waals surface area contributed by atoms with Gasteiger partial charge in [0.1, 0.15) is 11.9 Å². The quantitative estimate of drug-likeness (QED) is 0.796. The molecule has 0 spiro atoms. The first kappa shape index (κ1) is 13.0. The van der Waals surface area contributed by atoms with Crippen molar-refractivity contribution in [2.45, 2.75) is 39.7 Å². The standard InChI is InChI=1S/C14H23NO/c1-5-15-10-12(4)16-14-9-7-6-8-13(14)11(2)3/h6-9,11-12,15H,5,10H2,1-4H3. The zero-order chi connectivity index (χ0) is 12.0. The third-order valence-corrected chi connectivity index (χ3v) is 2.55. The van der Waals surface area contributed by atoms with Crippen LogP contribution in [0.3, 0.4) is 0 Å². The lowest BCUT2D eigenvalue weighted by Crippen LogP contribution is -2.28. The van der Waals surface area contributed by atoms with E-state index in [4.69, 9.17) is 4.74 Å². The number of rotatable bonds is 6. The third-order valence-electron chi connectivity index (χ3n) is 2.55. The monoisotopic (exact) mass is 221 g/mol. The Morgan fingerprint density at radius 2 is 1.88 bits per heavy atom. The van der Waals surface area contributed by atoms with Crippen LogP contribution in [0.1, 0.15) is 39.2 Å². The molecule has 0 heterocycles. The molecule has 0 fully saturated rings. The SMILES string of the molecule is CCNCC(C)Oc1ccccc1C(C)C. The zero-order valence-electron chi connectivity index (χ0n) is 10.8. The van der Waals surface area contributed by atoms with Gasteiger partial charge in [0, 0.05) is 6.54 Å². The van der Waals surface area contributed by atoms with Crippen LogP contribution in [-0.2, 0) is 0 Å². The molecule has 0 saturated carbocycles. The average molecular weight is 221 g/mol. The van der Waals surface area contributed by atoms with Gasteiger partial charge < -0.3 is 10.1 Å². The highest BCUT2D eigenvalue weighted by molar-refractivity contribution is 5.35. The van der Waals surface area contributed by atoms with Gasteiger partial charge in [0.2, 0.25) is 0 Å². The summed E-state index contributed by atoms with van der Waals surface area (Å²) in [5.74, 6) is 1.52. The number of likely N-dealkylation sites (N-methyl/N-ethyl adjacent to an activating group) is 1. The van der Waals surface area contributed by atoms with E-state index >= 15 is 0 Å². The van der Waals surface area contributed by atoms with Crippen molar-refractivity contribution in [1.82, 2.24) is 5.32 Å². The normalized spacial score (nSPS) is 12.8. The predicted octanol–water partition coefficient (Wildman–Crippen LogP) is 3.19. The first-order chi connectivity index (χ1) is 7.65. The lowest BCUT2D eigenvalue weighted by molar-refractivity contribution is 0.215. The number of nitrogens with one attached hydrogen (secondary N) is 1. The van der Waals surface area contributed by atoms with E-state index in [1.54, 1.807) is 0 Å². The molecule has 1 atom stereocenters. The maximum absolute atomic E-state index is 5.95. The van der Waals surface area contributed by atoms with Gasteiger partial charge in [-0.25, -0.2) is 0 Å². The second-order valence-electron chi connectivity index (χ2n) is 4.43. The van der Waals surface area contributed by atoms with Crippen molar-refractivity contribution in [1.29, 1.82) is 0 Å². The third kappa shape index (κ3) is 3.86. The topological polar surface area (TPSA) is 21.3 Å². The predicted molar refractivity (Wildman–Crippen MR) is 69.2 cm³/mol. The molecule has 0 aliphatic heterocycles. The molecule has 1 aromatic rings. The summed E-state index contributed by atoms with van der Waals surface area (Å²) in [6.07, 6.45) is 0.208. The molecule has 0 radical (unpaired) electrons. The Morgan fingerprint density at radius 1 is 1.19 bits per heavy atom. The van der Waals surface area contributed by atoms with Crippen molar-refractivity contribution in [3.63, 3.8) is 0 Å². The van der Waals surface area contributed by atoms with E-state index in [-0.39, 0.29) is 6.10 Å². The Hall–Kier alpha value is -1.02. The molecule has 1 aromatic carbocycles. The molecule has 2 nitrogen and oxygen atoms in total. The largest absolute Gasteiger partial charge is 0.489 e. The summed E-state index contributed by atoms with van der Waals surface area (Å²) in [7, 11) is 0. The van der Waals surface area contributed by atoms with Crippen LogP contribution in [0.2, 0.25) is 0 Å². The summed E-state index contributed by atoms with van der Waals surface area (Å²) in [4.78, 5) is 0. The van der Waals surface area contributed by atoms with Gasteiger partial charge in [0.05, 0.1) is 0 Å². The summed E-state index contributed by atoms with van der Waals surface area (Å²) in [5.41, 5.74) is 1.28. The molecule has 90 valence electrons. The molecule has 1 N–H and O–H groups in total. The van der Waals surface area contributed by atoms with Crippen LogP contribution >= 0.6 is 0 Å². The number of ether oxygens (including phenoxy) is 1. The van der Waals surface area contributed by atoms with E-state index in [1.165, 1.54) is 5.56 Å². The van der Waals surface area contributed by atoms with Crippen molar-refractivity contribution in [3.8, 4) is 5.75 Å². The summed E-state index contributed by atoms with van der Waals surface area (Å²) in [5, 5.41) is 3.29. The van der Waals surface area contributed by atoms with Gasteiger partial charge >= 0.3 is 0 Å². The molecule has 16 heavy (non-hydrogen) atoms. The number of hydrogen-bond donors (Lipinski definition) is 1. The minimum atomic E-state index is 0.208. The molecule has 1 unspecified atom stereocenters. The molecule has 0 saturated heterocycles. The highest BCUT2D eigenvalue weighted by Gasteiger charge is 2.09. The summed E-state index contributed by atoms with van der Waals surface area (Å²) in [6.45, 7) is 10.5. The lowest BCUT2D eigenvalue weighted by Gasteiger charge is -2.19. The first-order valence-electron chi connectivity index (χ1n) is 6.11. The molecule has 1 rings (SSSR count). The van der Waals surface area contributed by atoms with Crippen LogP contribution in [-0.4, -0.2) is 19.2 Å². The Balaban J connectivity index is 2.65. The second-order valence-corrected chi connectivity index (χ2v) is 4.43. The van der Waals surface area contributed by atoms with Crippen molar-refractivity contribution >= 4 is 0 Å². The number of para-hydroxylation sites is 1. The summed E-state index contributed by atoms with van der Waals surface area (Å²) >= 11 is 0. The van der Waals surface area contributed by atoms with Crippen molar-refractivity contribution in [3.05, 3.63) is 29.8 Å². The second kappa shape index (κ2) is 6.54. The highest BCUT2D eigenvalue weighted by Crippen LogP contribution is 2.26. The number of hydrogen-bond acceptors (Lipinski definition) is 2. The van der Waals surface area contributed by atoms with Gasteiger partial charge in [-0.15, -0.1) is 0 Å². The van der Waals surface area contributed by atoms with E-state index in [2.05, 4.69) is 51.2 Å².